The molecule has 2 N–H and O–H groups in total. The van der Waals surface area contributed by atoms with E-state index in [1.54, 1.807) is 48.5 Å². The van der Waals surface area contributed by atoms with Crippen LogP contribution < -0.4 is 10.6 Å². The number of hydrogen-bond acceptors (Lipinski definition) is 3. The summed E-state index contributed by atoms with van der Waals surface area (Å²) in [7, 11) is 0. The number of fused-ring (bicyclic) bond motifs is 1. The smallest absolute Gasteiger partial charge is 0.319 e. The molecule has 1 aliphatic rings. The fourth-order valence-corrected chi connectivity index (χ4v) is 2.72. The monoisotopic (exact) mass is 357 g/mol. The zero-order chi connectivity index (χ0) is 17.8. The third-order valence-electron chi connectivity index (χ3n) is 3.82. The molecule has 2 aromatic carbocycles. The van der Waals surface area contributed by atoms with Crippen LogP contribution in [0.25, 0.3) is 0 Å². The van der Waals surface area contributed by atoms with Gasteiger partial charge in [-0.15, -0.1) is 0 Å². The first-order valence-electron chi connectivity index (χ1n) is 7.82. The maximum absolute atomic E-state index is 12.2. The van der Waals surface area contributed by atoms with Gasteiger partial charge < -0.3 is 10.6 Å². The third-order valence-corrected chi connectivity index (χ3v) is 4.08. The van der Waals surface area contributed by atoms with Crippen LogP contribution in [0, 0.1) is 0 Å². The van der Waals surface area contributed by atoms with Gasteiger partial charge in [-0.2, -0.15) is 0 Å². The van der Waals surface area contributed by atoms with Crippen LogP contribution in [0.15, 0.2) is 48.5 Å². The number of benzene rings is 2. The van der Waals surface area contributed by atoms with Crippen molar-refractivity contribution >= 4 is 35.1 Å². The molecule has 0 saturated carbocycles. The summed E-state index contributed by atoms with van der Waals surface area (Å²) >= 11 is 5.78. The van der Waals surface area contributed by atoms with E-state index in [0.717, 1.165) is 0 Å². The molecule has 0 unspecified atom stereocenters. The van der Waals surface area contributed by atoms with Gasteiger partial charge in [0.2, 0.25) is 0 Å². The van der Waals surface area contributed by atoms with Gasteiger partial charge in [-0.1, -0.05) is 23.7 Å². The number of halogens is 1. The Labute approximate surface area is 149 Å². The van der Waals surface area contributed by atoms with Crippen LogP contribution in [-0.2, 0) is 0 Å². The first-order chi connectivity index (χ1) is 12.1. The van der Waals surface area contributed by atoms with E-state index < -0.39 is 0 Å². The third kappa shape index (κ3) is 3.80. The van der Waals surface area contributed by atoms with Gasteiger partial charge in [0.05, 0.1) is 11.1 Å². The standard InChI is InChI=1S/C18H16ClN3O3/c19-12-6-8-13(9-7-12)21-18(25)20-10-3-11-22-16(23)14-4-1-2-5-15(14)17(22)24/h1-2,4-9H,3,10-11H2,(H2,20,21,25). The number of nitrogens with zero attached hydrogens (tertiary/aromatic N) is 1. The largest absolute Gasteiger partial charge is 0.338 e. The Balaban J connectivity index is 1.45. The van der Waals surface area contributed by atoms with Crippen molar-refractivity contribution in [3.63, 3.8) is 0 Å². The molecule has 2 aromatic rings. The van der Waals surface area contributed by atoms with Crippen molar-refractivity contribution < 1.29 is 14.4 Å². The van der Waals surface area contributed by atoms with Crippen molar-refractivity contribution in [2.75, 3.05) is 18.4 Å². The van der Waals surface area contributed by atoms with Crippen LogP contribution in [0.2, 0.25) is 5.02 Å². The summed E-state index contributed by atoms with van der Waals surface area (Å²) in [5.41, 5.74) is 1.49. The molecule has 0 aromatic heterocycles. The lowest BCUT2D eigenvalue weighted by atomic mass is 10.1. The first kappa shape index (κ1) is 17.0. The maximum atomic E-state index is 12.2. The van der Waals surface area contributed by atoms with Gasteiger partial charge in [0, 0.05) is 23.8 Å². The van der Waals surface area contributed by atoms with Crippen LogP contribution in [0.3, 0.4) is 0 Å². The quantitative estimate of drug-likeness (QED) is 0.637. The first-order valence-corrected chi connectivity index (χ1v) is 8.20. The molecule has 1 aliphatic heterocycles. The lowest BCUT2D eigenvalue weighted by molar-refractivity contribution is 0.0653. The average molecular weight is 358 g/mol. The zero-order valence-corrected chi connectivity index (χ0v) is 14.0. The highest BCUT2D eigenvalue weighted by atomic mass is 35.5. The van der Waals surface area contributed by atoms with E-state index in [0.29, 0.717) is 34.8 Å². The van der Waals surface area contributed by atoms with Gasteiger partial charge >= 0.3 is 6.03 Å². The Morgan fingerprint density at radius 1 is 0.960 bits per heavy atom. The second kappa shape index (κ2) is 7.36. The van der Waals surface area contributed by atoms with Crippen LogP contribution >= 0.6 is 11.6 Å². The van der Waals surface area contributed by atoms with Crippen molar-refractivity contribution in [2.45, 2.75) is 6.42 Å². The number of anilines is 1. The van der Waals surface area contributed by atoms with Gasteiger partial charge in [0.25, 0.3) is 11.8 Å². The number of rotatable bonds is 5. The molecule has 1 heterocycles. The van der Waals surface area contributed by atoms with Gasteiger partial charge in [-0.25, -0.2) is 4.79 Å². The molecule has 0 spiro atoms. The Hall–Kier alpha value is -2.86. The van der Waals surface area contributed by atoms with Crippen molar-refractivity contribution in [3.8, 4) is 0 Å². The van der Waals surface area contributed by atoms with E-state index in [-0.39, 0.29) is 24.4 Å². The minimum Gasteiger partial charge on any atom is -0.338 e. The van der Waals surface area contributed by atoms with E-state index in [4.69, 9.17) is 11.6 Å². The summed E-state index contributed by atoms with van der Waals surface area (Å²) in [5.74, 6) is -0.572. The molecular formula is C18H16ClN3O3. The molecule has 0 bridgehead atoms. The highest BCUT2D eigenvalue weighted by Crippen LogP contribution is 2.22. The highest BCUT2D eigenvalue weighted by Gasteiger charge is 2.34. The topological polar surface area (TPSA) is 78.5 Å². The Morgan fingerprint density at radius 2 is 1.56 bits per heavy atom. The number of amides is 4. The molecule has 0 atom stereocenters. The predicted molar refractivity (Wildman–Crippen MR) is 94.9 cm³/mol. The SMILES string of the molecule is O=C(NCCCN1C(=O)c2ccccc2C1=O)Nc1ccc(Cl)cc1. The van der Waals surface area contributed by atoms with Gasteiger partial charge in [-0.05, 0) is 42.8 Å². The minimum absolute atomic E-state index is 0.258. The molecule has 3 rings (SSSR count). The summed E-state index contributed by atoms with van der Waals surface area (Å²) in [4.78, 5) is 37.4. The fourth-order valence-electron chi connectivity index (χ4n) is 2.59. The highest BCUT2D eigenvalue weighted by molar-refractivity contribution is 6.30. The Kier molecular flexibility index (Phi) is 5.00. The summed E-state index contributed by atoms with van der Waals surface area (Å²) in [6.45, 7) is 0.598. The Bertz CT molecular complexity index is 786. The van der Waals surface area contributed by atoms with Crippen molar-refractivity contribution in [1.82, 2.24) is 10.2 Å². The predicted octanol–water partition coefficient (Wildman–Crippen LogP) is 3.15. The summed E-state index contributed by atoms with van der Waals surface area (Å²) in [6.07, 6.45) is 0.472. The Morgan fingerprint density at radius 3 is 2.16 bits per heavy atom. The summed E-state index contributed by atoms with van der Waals surface area (Å²) in [5, 5.41) is 5.95. The maximum Gasteiger partial charge on any atom is 0.319 e. The molecule has 6 nitrogen and oxygen atoms in total. The van der Waals surface area contributed by atoms with Crippen molar-refractivity contribution in [2.24, 2.45) is 0 Å². The molecule has 0 fully saturated rings. The molecule has 25 heavy (non-hydrogen) atoms. The second-order valence-corrected chi connectivity index (χ2v) is 5.99. The van der Waals surface area contributed by atoms with E-state index in [1.807, 2.05) is 0 Å². The number of nitrogens with one attached hydrogen (secondary N) is 2. The zero-order valence-electron chi connectivity index (χ0n) is 13.3. The van der Waals surface area contributed by atoms with Gasteiger partial charge in [0.1, 0.15) is 0 Å². The fraction of sp³-hybridized carbons (Fsp3) is 0.167. The molecule has 4 amide bonds. The van der Waals surface area contributed by atoms with E-state index in [9.17, 15) is 14.4 Å². The number of carbonyl (C=O) groups is 3. The summed E-state index contributed by atoms with van der Waals surface area (Å²) in [6, 6.07) is 13.2. The average Bonchev–Trinajstić information content (AvgIpc) is 2.86. The molecular weight excluding hydrogens is 342 g/mol. The van der Waals surface area contributed by atoms with Gasteiger partial charge in [-0.3, -0.25) is 14.5 Å². The molecule has 7 heteroatoms. The van der Waals surface area contributed by atoms with E-state index in [1.165, 1.54) is 4.90 Å². The van der Waals surface area contributed by atoms with E-state index >= 15 is 0 Å². The normalized spacial score (nSPS) is 12.9. The molecule has 0 saturated heterocycles. The molecule has 0 radical (unpaired) electrons. The number of hydrogen-bond donors (Lipinski definition) is 2. The second-order valence-electron chi connectivity index (χ2n) is 5.55. The lowest BCUT2D eigenvalue weighted by Gasteiger charge is -2.14. The van der Waals surface area contributed by atoms with Crippen molar-refractivity contribution in [3.05, 3.63) is 64.7 Å². The van der Waals surface area contributed by atoms with Crippen LogP contribution in [0.4, 0.5) is 10.5 Å². The van der Waals surface area contributed by atoms with Crippen molar-refractivity contribution in [1.29, 1.82) is 0 Å². The number of carbonyl (C=O) groups excluding carboxylic acids is 3. The van der Waals surface area contributed by atoms with Crippen LogP contribution in [-0.4, -0.2) is 35.8 Å². The number of urea groups is 1. The van der Waals surface area contributed by atoms with Crippen LogP contribution in [0.1, 0.15) is 27.1 Å². The van der Waals surface area contributed by atoms with Gasteiger partial charge in [0.15, 0.2) is 0 Å². The lowest BCUT2D eigenvalue weighted by Crippen LogP contribution is -2.35. The van der Waals surface area contributed by atoms with Crippen LogP contribution in [0.5, 0.6) is 0 Å². The summed E-state index contributed by atoms with van der Waals surface area (Å²) < 4.78 is 0. The minimum atomic E-state index is -0.357. The van der Waals surface area contributed by atoms with E-state index in [2.05, 4.69) is 10.6 Å². The molecule has 0 aliphatic carbocycles. The molecule has 128 valence electrons. The number of imide groups is 1.